The van der Waals surface area contributed by atoms with E-state index in [4.69, 9.17) is 11.6 Å². The maximum absolute atomic E-state index is 11.2. The SMILES string of the molecule is CNCc1c(Cl)cccc1Sc1nccc(=O)[nH]1. The number of nitrogens with one attached hydrogen (secondary N) is 2. The summed E-state index contributed by atoms with van der Waals surface area (Å²) in [6, 6.07) is 7.07. The first-order valence-electron chi connectivity index (χ1n) is 5.36. The normalized spacial score (nSPS) is 10.6. The van der Waals surface area contributed by atoms with Crippen LogP contribution in [0.5, 0.6) is 0 Å². The number of hydrogen-bond donors (Lipinski definition) is 2. The Morgan fingerprint density at radius 3 is 3.00 bits per heavy atom. The van der Waals surface area contributed by atoms with E-state index in [1.54, 1.807) is 0 Å². The van der Waals surface area contributed by atoms with Gasteiger partial charge in [0.25, 0.3) is 5.56 Å². The van der Waals surface area contributed by atoms with E-state index in [0.717, 1.165) is 10.5 Å². The van der Waals surface area contributed by atoms with Crippen LogP contribution in [-0.4, -0.2) is 17.0 Å². The lowest BCUT2D eigenvalue weighted by atomic mass is 10.2. The molecule has 0 spiro atoms. The molecule has 0 fully saturated rings. The van der Waals surface area contributed by atoms with Gasteiger partial charge in [0.2, 0.25) is 0 Å². The summed E-state index contributed by atoms with van der Waals surface area (Å²) in [4.78, 5) is 19.0. The number of aromatic amines is 1. The molecule has 0 unspecified atom stereocenters. The molecular weight excluding hydrogens is 270 g/mol. The summed E-state index contributed by atoms with van der Waals surface area (Å²) in [6.07, 6.45) is 1.49. The molecule has 2 aromatic rings. The molecule has 94 valence electrons. The molecule has 0 saturated heterocycles. The summed E-state index contributed by atoms with van der Waals surface area (Å²) in [6.45, 7) is 0.666. The predicted molar refractivity (Wildman–Crippen MR) is 73.2 cm³/mol. The Morgan fingerprint density at radius 1 is 1.44 bits per heavy atom. The van der Waals surface area contributed by atoms with Gasteiger partial charge in [-0.3, -0.25) is 4.79 Å². The molecule has 0 aliphatic carbocycles. The van der Waals surface area contributed by atoms with Crippen molar-refractivity contribution in [3.63, 3.8) is 0 Å². The first-order chi connectivity index (χ1) is 8.70. The van der Waals surface area contributed by atoms with Gasteiger partial charge in [0, 0.05) is 28.7 Å². The number of nitrogens with zero attached hydrogens (tertiary/aromatic N) is 1. The van der Waals surface area contributed by atoms with Crippen molar-refractivity contribution in [2.24, 2.45) is 0 Å². The van der Waals surface area contributed by atoms with Crippen LogP contribution < -0.4 is 10.9 Å². The van der Waals surface area contributed by atoms with Crippen molar-refractivity contribution in [2.45, 2.75) is 16.6 Å². The van der Waals surface area contributed by atoms with Crippen molar-refractivity contribution in [2.75, 3.05) is 7.05 Å². The molecule has 0 radical (unpaired) electrons. The first-order valence-corrected chi connectivity index (χ1v) is 6.55. The van der Waals surface area contributed by atoms with E-state index in [1.807, 2.05) is 25.2 Å². The van der Waals surface area contributed by atoms with Crippen molar-refractivity contribution >= 4 is 23.4 Å². The molecule has 0 aliphatic rings. The fraction of sp³-hybridized carbons (Fsp3) is 0.167. The second-order valence-corrected chi connectivity index (χ2v) is 5.03. The third kappa shape index (κ3) is 3.13. The zero-order valence-corrected chi connectivity index (χ0v) is 11.3. The smallest absolute Gasteiger partial charge is 0.251 e. The van der Waals surface area contributed by atoms with Gasteiger partial charge in [-0.2, -0.15) is 0 Å². The van der Waals surface area contributed by atoms with Crippen LogP contribution in [0, 0.1) is 0 Å². The minimum atomic E-state index is -0.162. The minimum absolute atomic E-state index is 0.162. The van der Waals surface area contributed by atoms with Gasteiger partial charge in [0.05, 0.1) is 0 Å². The Kier molecular flexibility index (Phi) is 4.41. The van der Waals surface area contributed by atoms with Gasteiger partial charge in [-0.25, -0.2) is 4.98 Å². The summed E-state index contributed by atoms with van der Waals surface area (Å²) in [5.41, 5.74) is 0.836. The highest BCUT2D eigenvalue weighted by Gasteiger charge is 2.08. The average molecular weight is 282 g/mol. The molecule has 1 aromatic carbocycles. The van der Waals surface area contributed by atoms with E-state index in [0.29, 0.717) is 16.7 Å². The van der Waals surface area contributed by atoms with Crippen molar-refractivity contribution in [1.82, 2.24) is 15.3 Å². The highest BCUT2D eigenvalue weighted by atomic mass is 35.5. The number of benzene rings is 1. The molecule has 1 aromatic heterocycles. The van der Waals surface area contributed by atoms with E-state index in [2.05, 4.69) is 15.3 Å². The fourth-order valence-corrected chi connectivity index (χ4v) is 2.71. The molecule has 6 heteroatoms. The van der Waals surface area contributed by atoms with Crippen LogP contribution in [0.1, 0.15) is 5.56 Å². The highest BCUT2D eigenvalue weighted by Crippen LogP contribution is 2.31. The molecule has 0 amide bonds. The van der Waals surface area contributed by atoms with Gasteiger partial charge in [-0.1, -0.05) is 29.4 Å². The Morgan fingerprint density at radius 2 is 2.28 bits per heavy atom. The van der Waals surface area contributed by atoms with Gasteiger partial charge in [0.1, 0.15) is 0 Å². The Balaban J connectivity index is 2.34. The number of aromatic nitrogens is 2. The predicted octanol–water partition coefficient (Wildman–Crippen LogP) is 2.29. The summed E-state index contributed by atoms with van der Waals surface area (Å²) >= 11 is 7.55. The zero-order valence-electron chi connectivity index (χ0n) is 9.74. The van der Waals surface area contributed by atoms with Gasteiger partial charge in [-0.05, 0) is 24.7 Å². The van der Waals surface area contributed by atoms with E-state index < -0.39 is 0 Å². The maximum atomic E-state index is 11.2. The molecule has 4 nitrogen and oxygen atoms in total. The zero-order chi connectivity index (χ0) is 13.0. The third-order valence-electron chi connectivity index (χ3n) is 2.28. The minimum Gasteiger partial charge on any atom is -0.316 e. The van der Waals surface area contributed by atoms with E-state index in [-0.39, 0.29) is 5.56 Å². The van der Waals surface area contributed by atoms with Crippen LogP contribution in [0.2, 0.25) is 5.02 Å². The molecule has 1 heterocycles. The van der Waals surface area contributed by atoms with Crippen molar-refractivity contribution in [3.05, 3.63) is 51.4 Å². The largest absolute Gasteiger partial charge is 0.316 e. The van der Waals surface area contributed by atoms with Crippen LogP contribution in [0.25, 0.3) is 0 Å². The van der Waals surface area contributed by atoms with Crippen LogP contribution in [0.15, 0.2) is 45.3 Å². The molecule has 0 saturated carbocycles. The average Bonchev–Trinajstić information content (AvgIpc) is 2.34. The molecule has 2 rings (SSSR count). The summed E-state index contributed by atoms with van der Waals surface area (Å²) in [5, 5.41) is 4.33. The monoisotopic (exact) mass is 281 g/mol. The molecule has 0 aliphatic heterocycles. The highest BCUT2D eigenvalue weighted by molar-refractivity contribution is 7.99. The Labute approximate surface area is 114 Å². The lowest BCUT2D eigenvalue weighted by Gasteiger charge is -2.09. The second kappa shape index (κ2) is 6.04. The number of H-pyrrole nitrogens is 1. The van der Waals surface area contributed by atoms with E-state index >= 15 is 0 Å². The summed E-state index contributed by atoms with van der Waals surface area (Å²) in [7, 11) is 1.86. The quantitative estimate of drug-likeness (QED) is 0.845. The van der Waals surface area contributed by atoms with Crippen LogP contribution in [0.3, 0.4) is 0 Å². The second-order valence-electron chi connectivity index (χ2n) is 3.59. The van der Waals surface area contributed by atoms with Crippen molar-refractivity contribution < 1.29 is 0 Å². The standard InChI is InChI=1S/C12H12ClN3OS/c1-14-7-8-9(13)3-2-4-10(8)18-12-15-6-5-11(17)16-12/h2-6,14H,7H2,1H3,(H,15,16,17). The van der Waals surface area contributed by atoms with E-state index in [9.17, 15) is 4.79 Å². The van der Waals surface area contributed by atoms with Crippen LogP contribution in [-0.2, 0) is 6.54 Å². The molecule has 2 N–H and O–H groups in total. The van der Waals surface area contributed by atoms with Gasteiger partial charge < -0.3 is 10.3 Å². The Bertz CT molecular complexity index is 600. The summed E-state index contributed by atoms with van der Waals surface area (Å²) < 4.78 is 0. The molecule has 0 atom stereocenters. The van der Waals surface area contributed by atoms with Crippen LogP contribution in [0.4, 0.5) is 0 Å². The first kappa shape index (κ1) is 13.1. The van der Waals surface area contributed by atoms with Crippen LogP contribution >= 0.6 is 23.4 Å². The summed E-state index contributed by atoms with van der Waals surface area (Å²) in [5.74, 6) is 0. The number of halogens is 1. The Hall–Kier alpha value is -1.30. The van der Waals surface area contributed by atoms with Crippen molar-refractivity contribution in [1.29, 1.82) is 0 Å². The molecular formula is C12H12ClN3OS. The number of hydrogen-bond acceptors (Lipinski definition) is 4. The maximum Gasteiger partial charge on any atom is 0.251 e. The van der Waals surface area contributed by atoms with E-state index in [1.165, 1.54) is 24.0 Å². The molecule has 18 heavy (non-hydrogen) atoms. The van der Waals surface area contributed by atoms with Crippen molar-refractivity contribution in [3.8, 4) is 0 Å². The topological polar surface area (TPSA) is 57.8 Å². The molecule has 0 bridgehead atoms. The van der Waals surface area contributed by atoms with Gasteiger partial charge in [0.15, 0.2) is 5.16 Å². The lowest BCUT2D eigenvalue weighted by Crippen LogP contribution is -2.08. The van der Waals surface area contributed by atoms with Gasteiger partial charge >= 0.3 is 0 Å². The number of rotatable bonds is 4. The lowest BCUT2D eigenvalue weighted by molar-refractivity contribution is 0.802. The fourth-order valence-electron chi connectivity index (χ4n) is 1.49. The van der Waals surface area contributed by atoms with Gasteiger partial charge in [-0.15, -0.1) is 0 Å². The third-order valence-corrected chi connectivity index (χ3v) is 3.64.